The summed E-state index contributed by atoms with van der Waals surface area (Å²) >= 11 is 3.44. The number of piperidine rings is 1. The predicted molar refractivity (Wildman–Crippen MR) is 74.4 cm³/mol. The molecule has 4 heteroatoms. The molecule has 0 bridgehead atoms. The first kappa shape index (κ1) is 12.6. The molecule has 3 rings (SSSR count). The van der Waals surface area contributed by atoms with E-state index in [4.69, 9.17) is 0 Å². The maximum Gasteiger partial charge on any atom is 0.0855 e. The van der Waals surface area contributed by atoms with Crippen molar-refractivity contribution < 1.29 is 5.11 Å². The molecule has 2 aliphatic heterocycles. The third-order valence-electron chi connectivity index (χ3n) is 4.34. The average molecular weight is 311 g/mol. The van der Waals surface area contributed by atoms with Crippen LogP contribution in [-0.2, 0) is 6.42 Å². The number of nitrogens with zero attached hydrogens (tertiary/aromatic N) is 2. The van der Waals surface area contributed by atoms with Crippen LogP contribution in [-0.4, -0.2) is 39.7 Å². The highest BCUT2D eigenvalue weighted by molar-refractivity contribution is 9.10. The summed E-state index contributed by atoms with van der Waals surface area (Å²) in [5.74, 6) is 0. The number of hydrogen-bond acceptors (Lipinski definition) is 3. The van der Waals surface area contributed by atoms with Crippen molar-refractivity contribution in [3.05, 3.63) is 28.5 Å². The van der Waals surface area contributed by atoms with Gasteiger partial charge in [-0.25, -0.2) is 0 Å². The summed E-state index contributed by atoms with van der Waals surface area (Å²) < 4.78 is 0.988. The van der Waals surface area contributed by atoms with Gasteiger partial charge in [-0.05, 0) is 53.4 Å². The Morgan fingerprint density at radius 3 is 3.11 bits per heavy atom. The van der Waals surface area contributed by atoms with E-state index >= 15 is 0 Å². The zero-order valence-corrected chi connectivity index (χ0v) is 12.1. The smallest absolute Gasteiger partial charge is 0.0855 e. The van der Waals surface area contributed by atoms with Gasteiger partial charge in [0, 0.05) is 35.9 Å². The normalized spacial score (nSPS) is 32.4. The number of pyridine rings is 1. The second kappa shape index (κ2) is 4.91. The van der Waals surface area contributed by atoms with Crippen LogP contribution in [0, 0.1) is 0 Å². The first-order valence-corrected chi connectivity index (χ1v) is 7.52. The fourth-order valence-corrected chi connectivity index (χ4v) is 3.90. The summed E-state index contributed by atoms with van der Waals surface area (Å²) in [4.78, 5) is 6.66. The van der Waals surface area contributed by atoms with Crippen molar-refractivity contribution in [3.63, 3.8) is 0 Å². The van der Waals surface area contributed by atoms with Crippen molar-refractivity contribution in [2.24, 2.45) is 0 Å². The molecule has 2 unspecified atom stereocenters. The minimum atomic E-state index is -0.553. The summed E-state index contributed by atoms with van der Waals surface area (Å²) in [5, 5.41) is 10.9. The highest BCUT2D eigenvalue weighted by atomic mass is 79.9. The van der Waals surface area contributed by atoms with E-state index in [1.54, 1.807) is 6.20 Å². The SMILES string of the molecule is OC1(Cc2cncc(Br)c2)CCN2CCCCC21. The maximum absolute atomic E-state index is 10.9. The van der Waals surface area contributed by atoms with Crippen LogP contribution in [0.4, 0.5) is 0 Å². The summed E-state index contributed by atoms with van der Waals surface area (Å²) in [7, 11) is 0. The lowest BCUT2D eigenvalue weighted by molar-refractivity contribution is -0.00892. The van der Waals surface area contributed by atoms with Crippen LogP contribution in [0.25, 0.3) is 0 Å². The second-order valence-corrected chi connectivity index (χ2v) is 6.50. The molecule has 0 saturated carbocycles. The minimum Gasteiger partial charge on any atom is -0.388 e. The van der Waals surface area contributed by atoms with E-state index in [1.165, 1.54) is 12.8 Å². The minimum absolute atomic E-state index is 0.352. The van der Waals surface area contributed by atoms with Gasteiger partial charge in [-0.15, -0.1) is 0 Å². The van der Waals surface area contributed by atoms with Gasteiger partial charge in [0.25, 0.3) is 0 Å². The summed E-state index contributed by atoms with van der Waals surface area (Å²) in [5.41, 5.74) is 0.572. The van der Waals surface area contributed by atoms with Crippen LogP contribution in [0.3, 0.4) is 0 Å². The lowest BCUT2D eigenvalue weighted by Gasteiger charge is -2.37. The van der Waals surface area contributed by atoms with E-state index < -0.39 is 5.60 Å². The first-order chi connectivity index (χ1) is 8.67. The molecule has 0 radical (unpaired) electrons. The fraction of sp³-hybridized carbons (Fsp3) is 0.643. The van der Waals surface area contributed by atoms with E-state index in [9.17, 15) is 5.11 Å². The Bertz CT molecular complexity index is 440. The molecule has 1 aromatic rings. The van der Waals surface area contributed by atoms with Crippen LogP contribution in [0.15, 0.2) is 22.9 Å². The molecule has 3 heterocycles. The van der Waals surface area contributed by atoms with Crippen molar-refractivity contribution in [2.75, 3.05) is 13.1 Å². The third-order valence-corrected chi connectivity index (χ3v) is 4.77. The number of aromatic nitrogens is 1. The van der Waals surface area contributed by atoms with Gasteiger partial charge in [-0.1, -0.05) is 6.42 Å². The van der Waals surface area contributed by atoms with Crippen molar-refractivity contribution in [3.8, 4) is 0 Å². The van der Waals surface area contributed by atoms with Crippen molar-refractivity contribution in [1.82, 2.24) is 9.88 Å². The second-order valence-electron chi connectivity index (χ2n) is 5.59. The zero-order valence-electron chi connectivity index (χ0n) is 10.5. The Morgan fingerprint density at radius 2 is 2.28 bits per heavy atom. The number of rotatable bonds is 2. The van der Waals surface area contributed by atoms with E-state index in [1.807, 2.05) is 6.20 Å². The molecule has 2 aliphatic rings. The Kier molecular flexibility index (Phi) is 3.43. The molecule has 1 N–H and O–H groups in total. The predicted octanol–water partition coefficient (Wildman–Crippen LogP) is 2.38. The van der Waals surface area contributed by atoms with Gasteiger partial charge in [0.15, 0.2) is 0 Å². The van der Waals surface area contributed by atoms with E-state index in [-0.39, 0.29) is 0 Å². The molecule has 0 amide bonds. The Hall–Kier alpha value is -0.450. The third kappa shape index (κ3) is 2.33. The van der Waals surface area contributed by atoms with Gasteiger partial charge in [0.05, 0.1) is 5.60 Å². The molecule has 98 valence electrons. The van der Waals surface area contributed by atoms with Crippen LogP contribution in [0.1, 0.15) is 31.2 Å². The lowest BCUT2D eigenvalue weighted by atomic mass is 9.84. The number of halogens is 1. The quantitative estimate of drug-likeness (QED) is 0.911. The molecule has 18 heavy (non-hydrogen) atoms. The molecule has 1 aromatic heterocycles. The molecule has 2 saturated heterocycles. The van der Waals surface area contributed by atoms with Gasteiger partial charge in [-0.2, -0.15) is 0 Å². The number of aliphatic hydroxyl groups is 1. The van der Waals surface area contributed by atoms with Crippen molar-refractivity contribution >= 4 is 15.9 Å². The first-order valence-electron chi connectivity index (χ1n) is 6.73. The Labute approximate surface area is 116 Å². The Morgan fingerprint density at radius 1 is 1.39 bits per heavy atom. The monoisotopic (exact) mass is 310 g/mol. The maximum atomic E-state index is 10.9. The van der Waals surface area contributed by atoms with Gasteiger partial charge in [-0.3, -0.25) is 9.88 Å². The molecule has 2 atom stereocenters. The molecular weight excluding hydrogens is 292 g/mol. The largest absolute Gasteiger partial charge is 0.388 e. The molecule has 3 nitrogen and oxygen atoms in total. The highest BCUT2D eigenvalue weighted by Crippen LogP contribution is 2.37. The molecule has 0 aliphatic carbocycles. The van der Waals surface area contributed by atoms with Gasteiger partial charge in [0.2, 0.25) is 0 Å². The number of hydrogen-bond donors (Lipinski definition) is 1. The zero-order chi connectivity index (χ0) is 12.6. The summed E-state index contributed by atoms with van der Waals surface area (Å²) in [6.45, 7) is 2.20. The fourth-order valence-electron chi connectivity index (χ4n) is 3.48. The molecule has 2 fully saturated rings. The van der Waals surface area contributed by atoms with Gasteiger partial charge < -0.3 is 5.11 Å². The van der Waals surface area contributed by atoms with Crippen LogP contribution < -0.4 is 0 Å². The van der Waals surface area contributed by atoms with Gasteiger partial charge in [0.1, 0.15) is 0 Å². The summed E-state index contributed by atoms with van der Waals surface area (Å²) in [6, 6.07) is 2.42. The average Bonchev–Trinajstić information content (AvgIpc) is 2.68. The summed E-state index contributed by atoms with van der Waals surface area (Å²) in [6.07, 6.45) is 8.94. The standard InChI is InChI=1S/C14H19BrN2O/c15-12-7-11(9-16-10-12)8-14(18)4-6-17-5-2-1-3-13(14)17/h7,9-10,13,18H,1-6,8H2. The molecular formula is C14H19BrN2O. The number of fused-ring (bicyclic) bond motifs is 1. The molecule has 0 spiro atoms. The molecule has 0 aromatic carbocycles. The van der Waals surface area contributed by atoms with Crippen LogP contribution in [0.2, 0.25) is 0 Å². The van der Waals surface area contributed by atoms with E-state index in [0.717, 1.165) is 42.4 Å². The van der Waals surface area contributed by atoms with Crippen LogP contribution in [0.5, 0.6) is 0 Å². The Balaban J connectivity index is 1.78. The van der Waals surface area contributed by atoms with Crippen molar-refractivity contribution in [2.45, 2.75) is 43.7 Å². The van der Waals surface area contributed by atoms with Crippen molar-refractivity contribution in [1.29, 1.82) is 0 Å². The van der Waals surface area contributed by atoms with Crippen LogP contribution >= 0.6 is 15.9 Å². The topological polar surface area (TPSA) is 36.4 Å². The van der Waals surface area contributed by atoms with Gasteiger partial charge >= 0.3 is 0 Å². The van der Waals surface area contributed by atoms with E-state index in [0.29, 0.717) is 6.04 Å². The highest BCUT2D eigenvalue weighted by Gasteiger charge is 2.46. The van der Waals surface area contributed by atoms with E-state index in [2.05, 4.69) is 31.9 Å². The lowest BCUT2D eigenvalue weighted by Crippen LogP contribution is -2.48.